The zero-order chi connectivity index (χ0) is 24.5. The Hall–Kier alpha value is -1.12. The van der Waals surface area contributed by atoms with E-state index in [1.54, 1.807) is 11.8 Å². The van der Waals surface area contributed by atoms with Crippen molar-refractivity contribution in [3.8, 4) is 0 Å². The average Bonchev–Trinajstić information content (AvgIpc) is 2.58. The molecule has 7 nitrogen and oxygen atoms in total. The second-order valence-electron chi connectivity index (χ2n) is 11.7. The van der Waals surface area contributed by atoms with E-state index in [9.17, 15) is 14.7 Å². The number of esters is 1. The maximum atomic E-state index is 13.1. The van der Waals surface area contributed by atoms with Crippen LogP contribution < -0.4 is 0 Å². The molecule has 182 valence electrons. The van der Waals surface area contributed by atoms with E-state index in [4.69, 9.17) is 13.9 Å². The summed E-state index contributed by atoms with van der Waals surface area (Å²) in [6.07, 6.45) is -0.905. The topological polar surface area (TPSA) is 85.3 Å². The molecule has 31 heavy (non-hydrogen) atoms. The SMILES string of the molecule is CCOC(=O)C1(C(O)C(C)(C)O[Si](C)(C)C(C)(C)C)CCN(C(=O)OC(C)(C)C)CC1. The summed E-state index contributed by atoms with van der Waals surface area (Å²) in [6.45, 7) is 22.4. The fraction of sp³-hybridized carbons (Fsp3) is 0.913. The van der Waals surface area contributed by atoms with Gasteiger partial charge in [-0.05, 0) is 72.5 Å². The van der Waals surface area contributed by atoms with E-state index >= 15 is 0 Å². The quantitative estimate of drug-likeness (QED) is 0.457. The van der Waals surface area contributed by atoms with Gasteiger partial charge in [0.15, 0.2) is 8.32 Å². The van der Waals surface area contributed by atoms with Gasteiger partial charge in [-0.1, -0.05) is 20.8 Å². The zero-order valence-corrected chi connectivity index (χ0v) is 22.5. The summed E-state index contributed by atoms with van der Waals surface area (Å²) >= 11 is 0. The number of likely N-dealkylation sites (tertiary alicyclic amines) is 1. The molecule has 1 N–H and O–H groups in total. The highest BCUT2D eigenvalue weighted by Crippen LogP contribution is 2.45. The van der Waals surface area contributed by atoms with E-state index in [1.807, 2.05) is 34.6 Å². The lowest BCUT2D eigenvalue weighted by Gasteiger charge is -2.50. The zero-order valence-electron chi connectivity index (χ0n) is 21.5. The van der Waals surface area contributed by atoms with E-state index < -0.39 is 43.1 Å². The number of carbonyl (C=O) groups is 2. The van der Waals surface area contributed by atoms with Crippen molar-refractivity contribution in [1.29, 1.82) is 0 Å². The number of amides is 1. The highest BCUT2D eigenvalue weighted by atomic mass is 28.4. The number of rotatable bonds is 6. The Morgan fingerprint density at radius 3 is 1.90 bits per heavy atom. The van der Waals surface area contributed by atoms with Crippen molar-refractivity contribution < 1.29 is 28.6 Å². The van der Waals surface area contributed by atoms with Gasteiger partial charge in [-0.2, -0.15) is 0 Å². The highest BCUT2D eigenvalue weighted by molar-refractivity contribution is 6.74. The lowest BCUT2D eigenvalue weighted by molar-refractivity contribution is -0.182. The van der Waals surface area contributed by atoms with Crippen LogP contribution in [0.1, 0.15) is 75.2 Å². The number of hydrogen-bond acceptors (Lipinski definition) is 6. The van der Waals surface area contributed by atoms with E-state index in [1.165, 1.54) is 0 Å². The molecule has 0 spiro atoms. The molecule has 0 bridgehead atoms. The fourth-order valence-corrected chi connectivity index (χ4v) is 5.54. The number of aliphatic hydroxyl groups excluding tert-OH is 1. The molecule has 1 rings (SSSR count). The maximum Gasteiger partial charge on any atom is 0.410 e. The number of ether oxygens (including phenoxy) is 2. The summed E-state index contributed by atoms with van der Waals surface area (Å²) in [4.78, 5) is 27.2. The number of piperidine rings is 1. The van der Waals surface area contributed by atoms with Gasteiger partial charge in [0.25, 0.3) is 0 Å². The Labute approximate surface area is 189 Å². The minimum Gasteiger partial charge on any atom is -0.465 e. The molecule has 1 heterocycles. The van der Waals surface area contributed by atoms with Crippen LogP contribution in [0.3, 0.4) is 0 Å². The molecule has 1 unspecified atom stereocenters. The highest BCUT2D eigenvalue weighted by Gasteiger charge is 2.56. The molecule has 1 fully saturated rings. The fourth-order valence-electron chi connectivity index (χ4n) is 3.81. The summed E-state index contributed by atoms with van der Waals surface area (Å²) in [5, 5.41) is 11.5. The molecule has 0 saturated carbocycles. The van der Waals surface area contributed by atoms with Gasteiger partial charge in [0.2, 0.25) is 0 Å². The maximum absolute atomic E-state index is 13.1. The average molecular weight is 460 g/mol. The predicted octanol–water partition coefficient (Wildman–Crippen LogP) is 4.73. The van der Waals surface area contributed by atoms with E-state index in [2.05, 4.69) is 33.9 Å². The molecule has 1 atom stereocenters. The lowest BCUT2D eigenvalue weighted by atomic mass is 9.69. The van der Waals surface area contributed by atoms with Crippen LogP contribution in [0.15, 0.2) is 0 Å². The molecule has 0 aromatic rings. The van der Waals surface area contributed by atoms with Crippen molar-refractivity contribution >= 4 is 20.4 Å². The third-order valence-electron chi connectivity index (χ3n) is 6.50. The van der Waals surface area contributed by atoms with Gasteiger partial charge in [0.05, 0.1) is 23.7 Å². The first-order valence-electron chi connectivity index (χ1n) is 11.3. The van der Waals surface area contributed by atoms with Gasteiger partial charge >= 0.3 is 12.1 Å². The molecular formula is C23H45NO6Si. The Morgan fingerprint density at radius 2 is 1.52 bits per heavy atom. The van der Waals surface area contributed by atoms with Crippen LogP contribution in [0.5, 0.6) is 0 Å². The largest absolute Gasteiger partial charge is 0.465 e. The number of hydrogen-bond donors (Lipinski definition) is 1. The molecule has 1 amide bonds. The smallest absolute Gasteiger partial charge is 0.410 e. The Morgan fingerprint density at radius 1 is 1.03 bits per heavy atom. The van der Waals surface area contributed by atoms with Gasteiger partial charge in [-0.3, -0.25) is 4.79 Å². The van der Waals surface area contributed by atoms with Gasteiger partial charge in [-0.25, -0.2) is 4.79 Å². The van der Waals surface area contributed by atoms with Crippen LogP contribution in [0, 0.1) is 5.41 Å². The van der Waals surface area contributed by atoms with Crippen molar-refractivity contribution in [3.05, 3.63) is 0 Å². The standard InChI is InChI=1S/C23H45NO6Si/c1-12-28-18(26)23(13-15-24(16-14-23)19(27)29-20(2,3)4)17(25)22(8,9)30-31(10,11)21(5,6)7/h17,25H,12-16H2,1-11H3. The summed E-state index contributed by atoms with van der Waals surface area (Å²) in [5.41, 5.74) is -2.69. The number of carbonyl (C=O) groups excluding carboxylic acids is 2. The Kier molecular flexibility index (Phi) is 8.46. The molecule has 0 aromatic carbocycles. The first-order chi connectivity index (χ1) is 13.8. The van der Waals surface area contributed by atoms with Crippen molar-refractivity contribution in [2.75, 3.05) is 19.7 Å². The predicted molar refractivity (Wildman–Crippen MR) is 124 cm³/mol. The van der Waals surface area contributed by atoms with E-state index in [-0.39, 0.29) is 24.5 Å². The van der Waals surface area contributed by atoms with Crippen LogP contribution in [0.2, 0.25) is 18.1 Å². The van der Waals surface area contributed by atoms with E-state index in [0.717, 1.165) is 0 Å². The van der Waals surface area contributed by atoms with Gasteiger partial charge in [0, 0.05) is 13.1 Å². The van der Waals surface area contributed by atoms with Crippen molar-refractivity contribution in [2.24, 2.45) is 5.41 Å². The molecule has 1 aliphatic heterocycles. The minimum atomic E-state index is -2.21. The van der Waals surface area contributed by atoms with Crippen molar-refractivity contribution in [1.82, 2.24) is 4.90 Å². The number of nitrogens with zero attached hydrogens (tertiary/aromatic N) is 1. The van der Waals surface area contributed by atoms with Crippen LogP contribution >= 0.6 is 0 Å². The summed E-state index contributed by atoms with van der Waals surface area (Å²) in [7, 11) is -2.21. The second kappa shape index (κ2) is 9.39. The third kappa shape index (κ3) is 6.68. The molecule has 0 aliphatic carbocycles. The van der Waals surface area contributed by atoms with E-state index in [0.29, 0.717) is 13.1 Å². The van der Waals surface area contributed by atoms with Crippen LogP contribution in [-0.2, 0) is 18.7 Å². The van der Waals surface area contributed by atoms with Crippen LogP contribution in [-0.4, -0.2) is 67.4 Å². The molecule has 1 saturated heterocycles. The summed E-state index contributed by atoms with van der Waals surface area (Å²) < 4.78 is 17.4. The monoisotopic (exact) mass is 459 g/mol. The molecular weight excluding hydrogens is 414 g/mol. The molecule has 0 aromatic heterocycles. The molecule has 1 aliphatic rings. The molecule has 8 heteroatoms. The Bertz CT molecular complexity index is 639. The van der Waals surface area contributed by atoms with Crippen molar-refractivity contribution in [2.45, 2.75) is 111 Å². The van der Waals surface area contributed by atoms with Gasteiger partial charge in [0.1, 0.15) is 5.60 Å². The lowest BCUT2D eigenvalue weighted by Crippen LogP contribution is -2.62. The normalized spacial score (nSPS) is 19.0. The van der Waals surface area contributed by atoms with Crippen molar-refractivity contribution in [3.63, 3.8) is 0 Å². The van der Waals surface area contributed by atoms with Gasteiger partial charge < -0.3 is 23.9 Å². The Balaban J connectivity index is 3.15. The minimum absolute atomic E-state index is 0.0405. The van der Waals surface area contributed by atoms with Crippen LogP contribution in [0.4, 0.5) is 4.79 Å². The summed E-state index contributed by atoms with van der Waals surface area (Å²) in [5.74, 6) is -0.432. The number of aliphatic hydroxyl groups is 1. The summed E-state index contributed by atoms with van der Waals surface area (Å²) in [6, 6.07) is 0. The first-order valence-corrected chi connectivity index (χ1v) is 14.2. The first kappa shape index (κ1) is 27.9. The second-order valence-corrected chi connectivity index (χ2v) is 16.4. The third-order valence-corrected chi connectivity index (χ3v) is 11.1. The molecule has 0 radical (unpaired) electrons. The van der Waals surface area contributed by atoms with Gasteiger partial charge in [-0.15, -0.1) is 0 Å². The van der Waals surface area contributed by atoms with Crippen LogP contribution in [0.25, 0.3) is 0 Å².